The van der Waals surface area contributed by atoms with E-state index in [4.69, 9.17) is 4.74 Å². The summed E-state index contributed by atoms with van der Waals surface area (Å²) in [6, 6.07) is 0. The van der Waals surface area contributed by atoms with Crippen molar-refractivity contribution in [3.8, 4) is 0 Å². The molecule has 214 valence electrons. The number of ether oxygens (including phenoxy) is 1. The predicted octanol–water partition coefficient (Wildman–Crippen LogP) is 6.22. The third kappa shape index (κ3) is 5.75. The molecule has 5 nitrogen and oxygen atoms in total. The van der Waals surface area contributed by atoms with Crippen LogP contribution in [0.2, 0.25) is 0 Å². The molecule has 3 rings (SSSR count). The Bertz CT molecular complexity index is 819. The summed E-state index contributed by atoms with van der Waals surface area (Å²) in [7, 11) is 1.77. The Morgan fingerprint density at radius 1 is 1.05 bits per heavy atom. The maximum atomic E-state index is 14.1. The summed E-state index contributed by atoms with van der Waals surface area (Å²) in [5, 5.41) is 13.7. The summed E-state index contributed by atoms with van der Waals surface area (Å²) in [6.07, 6.45) is 4.83. The summed E-state index contributed by atoms with van der Waals surface area (Å²) >= 11 is 0. The Kier molecular flexibility index (Phi) is 9.47. The van der Waals surface area contributed by atoms with Crippen LogP contribution in [-0.2, 0) is 14.3 Å². The molecule has 2 bridgehead atoms. The number of amides is 1. The van der Waals surface area contributed by atoms with Gasteiger partial charge in [0.25, 0.3) is 0 Å². The van der Waals surface area contributed by atoms with Gasteiger partial charge in [0.15, 0.2) is 0 Å². The van der Waals surface area contributed by atoms with Crippen molar-refractivity contribution in [3.63, 3.8) is 0 Å². The monoisotopic (exact) mass is 531 g/mol. The molecule has 0 heterocycles. The SMILES string of the molecule is CO[C@@H]1CC[C@@]23CC[C@@H](C)[C@@](C)([C@H](O)C[C@](C)(CCCCCCCCNC(=O)C(F)(F)F)C(=O)[C@@H]2C)[C@H]13. The zero-order chi connectivity index (χ0) is 27.6. The van der Waals surface area contributed by atoms with Crippen molar-refractivity contribution in [2.45, 2.75) is 123 Å². The number of nitrogens with one attached hydrogen (secondary N) is 1. The molecule has 3 aliphatic carbocycles. The number of Topliss-reactive ketones (excluding diaryl/α,β-unsaturated/α-hetero) is 1. The largest absolute Gasteiger partial charge is 0.471 e. The van der Waals surface area contributed by atoms with E-state index in [9.17, 15) is 27.9 Å². The predicted molar refractivity (Wildman–Crippen MR) is 137 cm³/mol. The lowest BCUT2D eigenvalue weighted by molar-refractivity contribution is -0.192. The first-order valence-corrected chi connectivity index (χ1v) is 14.3. The van der Waals surface area contributed by atoms with Crippen LogP contribution < -0.4 is 5.32 Å². The van der Waals surface area contributed by atoms with E-state index in [-0.39, 0.29) is 35.3 Å². The zero-order valence-electron chi connectivity index (χ0n) is 23.4. The number of hydrogen-bond acceptors (Lipinski definition) is 4. The van der Waals surface area contributed by atoms with Crippen molar-refractivity contribution in [2.24, 2.45) is 34.0 Å². The second-order valence-electron chi connectivity index (χ2n) is 12.8. The molecule has 1 amide bonds. The van der Waals surface area contributed by atoms with E-state index in [1.54, 1.807) is 7.11 Å². The smallest absolute Gasteiger partial charge is 0.393 e. The van der Waals surface area contributed by atoms with Crippen LogP contribution in [0.1, 0.15) is 105 Å². The van der Waals surface area contributed by atoms with Crippen molar-refractivity contribution in [3.05, 3.63) is 0 Å². The molecular weight excluding hydrogens is 483 g/mol. The average molecular weight is 532 g/mol. The molecule has 3 fully saturated rings. The lowest BCUT2D eigenvalue weighted by Gasteiger charge is -2.61. The Labute approximate surface area is 220 Å². The molecule has 8 heteroatoms. The fourth-order valence-corrected chi connectivity index (χ4v) is 8.40. The van der Waals surface area contributed by atoms with Crippen molar-refractivity contribution < 1.29 is 32.6 Å². The number of ketones is 1. The lowest BCUT2D eigenvalue weighted by atomic mass is 9.44. The summed E-state index contributed by atoms with van der Waals surface area (Å²) in [4.78, 5) is 24.9. The molecule has 2 N–H and O–H groups in total. The number of unbranched alkanes of at least 4 members (excludes halogenated alkanes) is 5. The molecule has 3 saturated carbocycles. The molecule has 0 aromatic heterocycles. The number of halogens is 3. The van der Waals surface area contributed by atoms with Gasteiger partial charge in [0.05, 0.1) is 12.2 Å². The van der Waals surface area contributed by atoms with Crippen LogP contribution in [-0.4, -0.2) is 48.8 Å². The average Bonchev–Trinajstić information content (AvgIpc) is 3.23. The van der Waals surface area contributed by atoms with Crippen LogP contribution in [0.25, 0.3) is 0 Å². The minimum absolute atomic E-state index is 0.0323. The normalized spacial score (nSPS) is 40.1. The van der Waals surface area contributed by atoms with Gasteiger partial charge in [0, 0.05) is 30.4 Å². The van der Waals surface area contributed by atoms with Gasteiger partial charge in [0.1, 0.15) is 5.78 Å². The number of rotatable bonds is 10. The van der Waals surface area contributed by atoms with Gasteiger partial charge < -0.3 is 15.2 Å². The second-order valence-corrected chi connectivity index (χ2v) is 12.8. The highest BCUT2D eigenvalue weighted by Crippen LogP contribution is 2.68. The van der Waals surface area contributed by atoms with E-state index in [2.05, 4.69) is 27.7 Å². The molecule has 37 heavy (non-hydrogen) atoms. The van der Waals surface area contributed by atoms with Gasteiger partial charge in [0.2, 0.25) is 0 Å². The fourth-order valence-electron chi connectivity index (χ4n) is 8.40. The second kappa shape index (κ2) is 11.5. The third-order valence-electron chi connectivity index (χ3n) is 10.9. The molecule has 0 aromatic rings. The quantitative estimate of drug-likeness (QED) is 0.328. The maximum absolute atomic E-state index is 14.1. The molecule has 8 atom stereocenters. The van der Waals surface area contributed by atoms with E-state index < -0.39 is 23.6 Å². The van der Waals surface area contributed by atoms with E-state index >= 15 is 0 Å². The van der Waals surface area contributed by atoms with Crippen molar-refractivity contribution in [2.75, 3.05) is 13.7 Å². The lowest BCUT2D eigenvalue weighted by Crippen LogP contribution is -2.62. The van der Waals surface area contributed by atoms with Crippen LogP contribution in [0.5, 0.6) is 0 Å². The molecule has 0 spiro atoms. The van der Waals surface area contributed by atoms with Gasteiger partial charge in [-0.05, 0) is 62.2 Å². The molecule has 3 aliphatic rings. The molecule has 0 aliphatic heterocycles. The standard InChI is InChI=1S/C29H48F3NO4/c1-19-12-15-28-16-13-21(37-5)23(28)27(19,4)22(34)18-26(3,24(35)20(28)2)14-10-8-6-7-9-11-17-33-25(36)29(30,31)32/h19-23,34H,6-18H2,1-5H3,(H,33,36)/t19-,20+,21-,22-,23+,26+,27+,28+/m1/s1. The first-order valence-electron chi connectivity index (χ1n) is 14.3. The van der Waals surface area contributed by atoms with Crippen LogP contribution >= 0.6 is 0 Å². The van der Waals surface area contributed by atoms with Gasteiger partial charge in [-0.15, -0.1) is 0 Å². The van der Waals surface area contributed by atoms with E-state index in [0.717, 1.165) is 64.2 Å². The number of methoxy groups -OCH3 is 1. The third-order valence-corrected chi connectivity index (χ3v) is 10.9. The van der Waals surface area contributed by atoms with E-state index in [1.807, 2.05) is 5.32 Å². The van der Waals surface area contributed by atoms with Crippen molar-refractivity contribution in [1.29, 1.82) is 0 Å². The fraction of sp³-hybridized carbons (Fsp3) is 0.931. The Balaban J connectivity index is 1.57. The molecule has 0 aromatic carbocycles. The van der Waals surface area contributed by atoms with Crippen molar-refractivity contribution >= 4 is 11.7 Å². The number of carbonyl (C=O) groups is 2. The van der Waals surface area contributed by atoms with Crippen LogP contribution in [0.3, 0.4) is 0 Å². The highest BCUT2D eigenvalue weighted by molar-refractivity contribution is 5.87. The van der Waals surface area contributed by atoms with Gasteiger partial charge in [-0.2, -0.15) is 13.2 Å². The summed E-state index contributed by atoms with van der Waals surface area (Å²) in [5.74, 6) is -1.09. The first kappa shape index (κ1) is 30.4. The zero-order valence-corrected chi connectivity index (χ0v) is 23.4. The molecule has 0 radical (unpaired) electrons. The number of carbonyl (C=O) groups excluding carboxylic acids is 2. The van der Waals surface area contributed by atoms with Crippen LogP contribution in [0.4, 0.5) is 13.2 Å². The molecule has 0 saturated heterocycles. The van der Waals surface area contributed by atoms with E-state index in [1.165, 1.54) is 0 Å². The number of hydrogen-bond donors (Lipinski definition) is 2. The summed E-state index contributed by atoms with van der Waals surface area (Å²) in [6.45, 7) is 8.74. The Morgan fingerprint density at radius 3 is 2.27 bits per heavy atom. The summed E-state index contributed by atoms with van der Waals surface area (Å²) in [5.41, 5.74) is -0.960. The van der Waals surface area contributed by atoms with Gasteiger partial charge in [-0.1, -0.05) is 59.8 Å². The highest BCUT2D eigenvalue weighted by atomic mass is 19.4. The van der Waals surface area contributed by atoms with Crippen LogP contribution in [0.15, 0.2) is 0 Å². The number of aliphatic hydroxyl groups is 1. The number of aliphatic hydroxyl groups excluding tert-OH is 1. The molecular formula is C29H48F3NO4. The number of alkyl halides is 3. The van der Waals surface area contributed by atoms with Crippen molar-refractivity contribution in [1.82, 2.24) is 5.32 Å². The molecule has 0 unspecified atom stereocenters. The van der Waals surface area contributed by atoms with Gasteiger partial charge in [-0.25, -0.2) is 0 Å². The Hall–Kier alpha value is -1.15. The van der Waals surface area contributed by atoms with E-state index in [0.29, 0.717) is 24.5 Å². The maximum Gasteiger partial charge on any atom is 0.471 e. The van der Waals surface area contributed by atoms with Crippen LogP contribution in [0, 0.1) is 34.0 Å². The topological polar surface area (TPSA) is 75.6 Å². The van der Waals surface area contributed by atoms with Gasteiger partial charge in [-0.3, -0.25) is 9.59 Å². The van der Waals surface area contributed by atoms with Gasteiger partial charge >= 0.3 is 12.1 Å². The highest BCUT2D eigenvalue weighted by Gasteiger charge is 2.67. The minimum Gasteiger partial charge on any atom is -0.393 e. The minimum atomic E-state index is -4.83. The Morgan fingerprint density at radius 2 is 1.65 bits per heavy atom. The first-order chi connectivity index (χ1) is 17.2. The summed E-state index contributed by atoms with van der Waals surface area (Å²) < 4.78 is 42.6.